The molecule has 0 N–H and O–H groups in total. The predicted molar refractivity (Wildman–Crippen MR) is 59.7 cm³/mol. The molecule has 0 fully saturated rings. The summed E-state index contributed by atoms with van der Waals surface area (Å²) in [5, 5.41) is 11.5. The maximum Gasteiger partial charge on any atom is 0.314 e. The molecule has 17 heavy (non-hydrogen) atoms. The molecule has 1 aromatic heterocycles. The molecule has 0 aliphatic rings. The summed E-state index contributed by atoms with van der Waals surface area (Å²) >= 11 is 0. The second-order valence-corrected chi connectivity index (χ2v) is 3.34. The number of pyridine rings is 1. The number of ether oxygens (including phenoxy) is 1. The van der Waals surface area contributed by atoms with Crippen molar-refractivity contribution in [1.29, 1.82) is 0 Å². The van der Waals surface area contributed by atoms with Crippen molar-refractivity contribution in [3.63, 3.8) is 0 Å². The molecule has 0 bridgehead atoms. The van der Waals surface area contributed by atoms with Crippen molar-refractivity contribution in [1.82, 2.24) is 4.98 Å². The topological polar surface area (TPSA) is 82.3 Å². The van der Waals surface area contributed by atoms with E-state index in [9.17, 15) is 14.9 Å². The van der Waals surface area contributed by atoms with E-state index in [0.29, 0.717) is 10.9 Å². The van der Waals surface area contributed by atoms with Crippen LogP contribution in [0.25, 0.3) is 10.9 Å². The van der Waals surface area contributed by atoms with Gasteiger partial charge in [-0.3, -0.25) is 19.9 Å². The van der Waals surface area contributed by atoms with E-state index >= 15 is 0 Å². The lowest BCUT2D eigenvalue weighted by molar-refractivity contribution is -0.385. The van der Waals surface area contributed by atoms with Crippen LogP contribution in [0, 0.1) is 10.1 Å². The number of fused-ring (bicyclic) bond motifs is 1. The van der Waals surface area contributed by atoms with Crippen LogP contribution in [0.4, 0.5) is 5.69 Å². The van der Waals surface area contributed by atoms with Crippen molar-refractivity contribution >= 4 is 22.6 Å². The van der Waals surface area contributed by atoms with Crippen LogP contribution in [-0.4, -0.2) is 15.9 Å². The van der Waals surface area contributed by atoms with Gasteiger partial charge in [-0.2, -0.15) is 0 Å². The fourth-order valence-electron chi connectivity index (χ4n) is 1.50. The molecule has 0 spiro atoms. The van der Waals surface area contributed by atoms with Crippen molar-refractivity contribution in [3.05, 3.63) is 40.6 Å². The van der Waals surface area contributed by atoms with Gasteiger partial charge in [-0.1, -0.05) is 6.07 Å². The average molecular weight is 232 g/mol. The molecule has 1 heterocycles. The third-order valence-corrected chi connectivity index (χ3v) is 2.15. The van der Waals surface area contributed by atoms with Crippen LogP contribution in [0.5, 0.6) is 5.75 Å². The summed E-state index contributed by atoms with van der Waals surface area (Å²) in [6.45, 7) is 1.19. The minimum Gasteiger partial charge on any atom is -0.417 e. The summed E-state index contributed by atoms with van der Waals surface area (Å²) in [6.07, 6.45) is 1.49. The monoisotopic (exact) mass is 232 g/mol. The number of benzene rings is 1. The number of nitro benzene ring substituents is 1. The van der Waals surface area contributed by atoms with Crippen LogP contribution in [0.2, 0.25) is 0 Å². The largest absolute Gasteiger partial charge is 0.417 e. The van der Waals surface area contributed by atoms with E-state index < -0.39 is 10.9 Å². The van der Waals surface area contributed by atoms with E-state index in [1.54, 1.807) is 18.2 Å². The number of hydrogen-bond acceptors (Lipinski definition) is 5. The summed E-state index contributed by atoms with van der Waals surface area (Å²) in [6, 6.07) is 6.29. The molecular weight excluding hydrogens is 224 g/mol. The SMILES string of the molecule is CC(=O)Oc1c([N+](=O)[O-])ccc2cccnc12. The number of aromatic nitrogens is 1. The number of carbonyl (C=O) groups is 1. The van der Waals surface area contributed by atoms with Gasteiger partial charge in [-0.25, -0.2) is 0 Å². The minimum absolute atomic E-state index is 0.111. The molecule has 0 aliphatic heterocycles. The zero-order chi connectivity index (χ0) is 12.4. The number of carbonyl (C=O) groups excluding carboxylic acids is 1. The number of nitro groups is 1. The quantitative estimate of drug-likeness (QED) is 0.342. The molecule has 0 saturated heterocycles. The molecule has 0 atom stereocenters. The summed E-state index contributed by atoms with van der Waals surface area (Å²) in [5.74, 6) is -0.730. The second-order valence-electron chi connectivity index (χ2n) is 3.34. The average Bonchev–Trinajstić information content (AvgIpc) is 2.28. The van der Waals surface area contributed by atoms with Gasteiger partial charge in [0.25, 0.3) is 0 Å². The number of esters is 1. The Balaban J connectivity index is 2.74. The van der Waals surface area contributed by atoms with Gasteiger partial charge in [-0.15, -0.1) is 0 Å². The Hall–Kier alpha value is -2.50. The Morgan fingerprint density at radius 2 is 2.18 bits per heavy atom. The zero-order valence-electron chi connectivity index (χ0n) is 8.91. The fourth-order valence-corrected chi connectivity index (χ4v) is 1.50. The van der Waals surface area contributed by atoms with E-state index in [4.69, 9.17) is 4.74 Å². The molecule has 0 saturated carbocycles. The molecule has 6 nitrogen and oxygen atoms in total. The van der Waals surface area contributed by atoms with E-state index in [1.165, 1.54) is 19.2 Å². The highest BCUT2D eigenvalue weighted by atomic mass is 16.6. The van der Waals surface area contributed by atoms with Gasteiger partial charge in [0.2, 0.25) is 5.75 Å². The van der Waals surface area contributed by atoms with E-state index in [2.05, 4.69) is 4.98 Å². The van der Waals surface area contributed by atoms with Crippen molar-refractivity contribution < 1.29 is 14.5 Å². The molecule has 0 amide bonds. The smallest absolute Gasteiger partial charge is 0.314 e. The summed E-state index contributed by atoms with van der Waals surface area (Å²) in [7, 11) is 0. The Kier molecular flexibility index (Phi) is 2.70. The number of hydrogen-bond donors (Lipinski definition) is 0. The Labute approximate surface area is 96.0 Å². The van der Waals surface area contributed by atoms with Crippen molar-refractivity contribution in [2.75, 3.05) is 0 Å². The molecule has 1 aromatic carbocycles. The maximum atomic E-state index is 11.0. The molecule has 0 unspecified atom stereocenters. The highest BCUT2D eigenvalue weighted by molar-refractivity contribution is 5.90. The van der Waals surface area contributed by atoms with Crippen LogP contribution in [0.15, 0.2) is 30.5 Å². The predicted octanol–water partition coefficient (Wildman–Crippen LogP) is 2.07. The van der Waals surface area contributed by atoms with E-state index in [1.807, 2.05) is 0 Å². The molecule has 0 radical (unpaired) electrons. The third-order valence-electron chi connectivity index (χ3n) is 2.15. The molecular formula is C11H8N2O4. The molecule has 0 aliphatic carbocycles. The fraction of sp³-hybridized carbons (Fsp3) is 0.0909. The summed E-state index contributed by atoms with van der Waals surface area (Å²) in [5.41, 5.74) is 0.0308. The lowest BCUT2D eigenvalue weighted by atomic mass is 10.2. The maximum absolute atomic E-state index is 11.0. The highest BCUT2D eigenvalue weighted by Crippen LogP contribution is 2.33. The molecule has 2 aromatic rings. The first-order chi connectivity index (χ1) is 8.09. The van der Waals surface area contributed by atoms with E-state index in [-0.39, 0.29) is 11.4 Å². The first-order valence-electron chi connectivity index (χ1n) is 4.80. The second kappa shape index (κ2) is 4.17. The van der Waals surface area contributed by atoms with Crippen LogP contribution < -0.4 is 4.74 Å². The van der Waals surface area contributed by atoms with E-state index in [0.717, 1.165) is 0 Å². The van der Waals surface area contributed by atoms with Gasteiger partial charge in [0.15, 0.2) is 0 Å². The van der Waals surface area contributed by atoms with Gasteiger partial charge < -0.3 is 4.74 Å². The van der Waals surface area contributed by atoms with Crippen LogP contribution in [0.1, 0.15) is 6.92 Å². The van der Waals surface area contributed by atoms with Gasteiger partial charge in [0, 0.05) is 24.6 Å². The van der Waals surface area contributed by atoms with Crippen molar-refractivity contribution in [3.8, 4) is 5.75 Å². The highest BCUT2D eigenvalue weighted by Gasteiger charge is 2.20. The van der Waals surface area contributed by atoms with Crippen LogP contribution in [-0.2, 0) is 4.79 Å². The molecule has 86 valence electrons. The Morgan fingerprint density at radius 1 is 1.41 bits per heavy atom. The minimum atomic E-state index is -0.619. The van der Waals surface area contributed by atoms with Crippen molar-refractivity contribution in [2.45, 2.75) is 6.92 Å². The molecule has 2 rings (SSSR count). The van der Waals surface area contributed by atoms with Crippen molar-refractivity contribution in [2.24, 2.45) is 0 Å². The van der Waals surface area contributed by atoms with Gasteiger partial charge >= 0.3 is 11.7 Å². The number of rotatable bonds is 2. The number of nitrogens with zero attached hydrogens (tertiary/aromatic N) is 2. The van der Waals surface area contributed by atoms with Gasteiger partial charge in [0.1, 0.15) is 5.52 Å². The summed E-state index contributed by atoms with van der Waals surface area (Å²) < 4.78 is 4.88. The molecule has 6 heteroatoms. The van der Waals surface area contributed by atoms with Crippen LogP contribution in [0.3, 0.4) is 0 Å². The lowest BCUT2D eigenvalue weighted by Gasteiger charge is -2.05. The normalized spacial score (nSPS) is 10.2. The first-order valence-corrected chi connectivity index (χ1v) is 4.80. The zero-order valence-corrected chi connectivity index (χ0v) is 8.91. The lowest BCUT2D eigenvalue weighted by Crippen LogP contribution is -2.05. The first kappa shape index (κ1) is 11.0. The standard InChI is InChI=1S/C11H8N2O4/c1-7(14)17-11-9(13(15)16)5-4-8-3-2-6-12-10(8)11/h2-6H,1H3. The van der Waals surface area contributed by atoms with Gasteiger partial charge in [0.05, 0.1) is 4.92 Å². The third kappa shape index (κ3) is 2.05. The van der Waals surface area contributed by atoms with Gasteiger partial charge in [-0.05, 0) is 12.1 Å². The Bertz CT molecular complexity index is 609. The Morgan fingerprint density at radius 3 is 2.82 bits per heavy atom. The van der Waals surface area contributed by atoms with Crippen LogP contribution >= 0.6 is 0 Å². The summed E-state index contributed by atoms with van der Waals surface area (Å²) in [4.78, 5) is 25.2.